The molecule has 1 aromatic heterocycles. The predicted octanol–water partition coefficient (Wildman–Crippen LogP) is 4.47. The van der Waals surface area contributed by atoms with Gasteiger partial charge in [-0.3, -0.25) is 0 Å². The summed E-state index contributed by atoms with van der Waals surface area (Å²) in [6.07, 6.45) is 5.48. The zero-order valence-corrected chi connectivity index (χ0v) is 13.1. The Morgan fingerprint density at radius 1 is 1.15 bits per heavy atom. The molecule has 0 saturated heterocycles. The molecule has 1 aliphatic rings. The quantitative estimate of drug-likeness (QED) is 0.774. The van der Waals surface area contributed by atoms with Crippen molar-refractivity contribution in [3.8, 4) is 11.6 Å². The van der Waals surface area contributed by atoms with Crippen LogP contribution in [0.15, 0.2) is 28.9 Å². The van der Waals surface area contributed by atoms with E-state index < -0.39 is 0 Å². The van der Waals surface area contributed by atoms with Crippen molar-refractivity contribution < 1.29 is 4.74 Å². The lowest BCUT2D eigenvalue weighted by Gasteiger charge is -2.08. The van der Waals surface area contributed by atoms with Gasteiger partial charge in [-0.05, 0) is 64.9 Å². The van der Waals surface area contributed by atoms with Crippen molar-refractivity contribution in [3.05, 3.63) is 45.8 Å². The molecular formula is C16H17BrN2O. The second-order valence-corrected chi connectivity index (χ2v) is 5.89. The number of nitrogens with zero attached hydrogens (tertiary/aromatic N) is 2. The molecule has 1 aliphatic carbocycles. The van der Waals surface area contributed by atoms with Crippen LogP contribution in [0.5, 0.6) is 11.6 Å². The molecule has 0 bridgehead atoms. The second kappa shape index (κ2) is 5.92. The van der Waals surface area contributed by atoms with Gasteiger partial charge in [-0.25, -0.2) is 4.98 Å². The summed E-state index contributed by atoms with van der Waals surface area (Å²) in [5, 5.41) is 0. The maximum Gasteiger partial charge on any atom is 0.223 e. The van der Waals surface area contributed by atoms with Gasteiger partial charge in [0.15, 0.2) is 0 Å². The first-order valence-electron chi connectivity index (χ1n) is 7.07. The third kappa shape index (κ3) is 3.01. The van der Waals surface area contributed by atoms with Gasteiger partial charge in [-0.2, -0.15) is 4.98 Å². The van der Waals surface area contributed by atoms with Gasteiger partial charge in [0.2, 0.25) is 5.88 Å². The van der Waals surface area contributed by atoms with Crippen LogP contribution in [-0.2, 0) is 19.3 Å². The molecule has 104 valence electrons. The summed E-state index contributed by atoms with van der Waals surface area (Å²) < 4.78 is 6.66. The number of aromatic nitrogens is 2. The molecule has 0 saturated carbocycles. The van der Waals surface area contributed by atoms with Crippen LogP contribution in [0, 0.1) is 0 Å². The molecule has 0 fully saturated rings. The number of fused-ring (bicyclic) bond motifs is 1. The van der Waals surface area contributed by atoms with Gasteiger partial charge < -0.3 is 4.74 Å². The monoisotopic (exact) mass is 332 g/mol. The maximum absolute atomic E-state index is 5.89. The lowest BCUT2D eigenvalue weighted by molar-refractivity contribution is 0.457. The van der Waals surface area contributed by atoms with Gasteiger partial charge in [0.05, 0.1) is 0 Å². The second-order valence-electron chi connectivity index (χ2n) is 5.08. The molecule has 3 rings (SSSR count). The van der Waals surface area contributed by atoms with E-state index in [4.69, 9.17) is 4.74 Å². The highest BCUT2D eigenvalue weighted by Gasteiger charge is 2.12. The smallest absolute Gasteiger partial charge is 0.223 e. The van der Waals surface area contributed by atoms with Gasteiger partial charge in [0.1, 0.15) is 16.2 Å². The van der Waals surface area contributed by atoms with E-state index in [1.807, 2.05) is 12.1 Å². The van der Waals surface area contributed by atoms with Crippen molar-refractivity contribution >= 4 is 15.9 Å². The minimum Gasteiger partial charge on any atom is -0.439 e. The summed E-state index contributed by atoms with van der Waals surface area (Å²) in [4.78, 5) is 8.80. The number of hydrogen-bond acceptors (Lipinski definition) is 3. The highest BCUT2D eigenvalue weighted by molar-refractivity contribution is 9.10. The molecular weight excluding hydrogens is 316 g/mol. The van der Waals surface area contributed by atoms with Crippen molar-refractivity contribution in [1.82, 2.24) is 9.97 Å². The van der Waals surface area contributed by atoms with Gasteiger partial charge >= 0.3 is 0 Å². The minimum absolute atomic E-state index is 0.605. The summed E-state index contributed by atoms with van der Waals surface area (Å²) in [6, 6.07) is 8.14. The molecule has 20 heavy (non-hydrogen) atoms. The first kappa shape index (κ1) is 13.6. The molecule has 1 heterocycles. The number of halogens is 1. The molecule has 3 nitrogen and oxygen atoms in total. The topological polar surface area (TPSA) is 35.0 Å². The van der Waals surface area contributed by atoms with Crippen LogP contribution in [-0.4, -0.2) is 9.97 Å². The van der Waals surface area contributed by atoms with Gasteiger partial charge in [-0.1, -0.05) is 13.0 Å². The fourth-order valence-corrected chi connectivity index (χ4v) is 2.96. The summed E-state index contributed by atoms with van der Waals surface area (Å²) in [6.45, 7) is 2.12. The average molecular weight is 333 g/mol. The molecule has 4 heteroatoms. The fourth-order valence-electron chi connectivity index (χ4n) is 2.56. The lowest BCUT2D eigenvalue weighted by Crippen LogP contribution is -1.98. The molecule has 1 aromatic carbocycles. The van der Waals surface area contributed by atoms with E-state index in [9.17, 15) is 0 Å². The van der Waals surface area contributed by atoms with E-state index in [1.165, 1.54) is 24.0 Å². The molecule has 0 aliphatic heterocycles. The summed E-state index contributed by atoms with van der Waals surface area (Å²) in [7, 11) is 0. The summed E-state index contributed by atoms with van der Waals surface area (Å²) in [5.74, 6) is 2.28. The lowest BCUT2D eigenvalue weighted by atomic mass is 10.1. The number of rotatable bonds is 4. The standard InChI is InChI=1S/C16H17BrN2O/c1-2-4-15-18-14(17)10-16(19-15)20-13-8-7-11-5-3-6-12(11)9-13/h7-10H,2-6H2,1H3. The van der Waals surface area contributed by atoms with Crippen LogP contribution in [0.25, 0.3) is 0 Å². The highest BCUT2D eigenvalue weighted by atomic mass is 79.9. The third-order valence-corrected chi connectivity index (χ3v) is 3.89. The summed E-state index contributed by atoms with van der Waals surface area (Å²) in [5.41, 5.74) is 2.86. The van der Waals surface area contributed by atoms with Crippen molar-refractivity contribution in [1.29, 1.82) is 0 Å². The maximum atomic E-state index is 5.89. The normalized spacial score (nSPS) is 13.3. The van der Waals surface area contributed by atoms with Gasteiger partial charge in [0, 0.05) is 12.5 Å². The molecule has 0 N–H and O–H groups in total. The Kier molecular flexibility index (Phi) is 4.01. The van der Waals surface area contributed by atoms with Crippen molar-refractivity contribution in [2.75, 3.05) is 0 Å². The number of ether oxygens (including phenoxy) is 1. The Labute approximate surface area is 127 Å². The van der Waals surface area contributed by atoms with Crippen molar-refractivity contribution in [3.63, 3.8) is 0 Å². The van der Waals surface area contributed by atoms with Crippen LogP contribution < -0.4 is 4.74 Å². The number of aryl methyl sites for hydroxylation is 3. The van der Waals surface area contributed by atoms with E-state index in [1.54, 1.807) is 0 Å². The molecule has 2 aromatic rings. The van der Waals surface area contributed by atoms with E-state index in [0.717, 1.165) is 35.4 Å². The van der Waals surface area contributed by atoms with Crippen LogP contribution >= 0.6 is 15.9 Å². The van der Waals surface area contributed by atoms with E-state index in [2.05, 4.69) is 45.0 Å². The Balaban J connectivity index is 1.83. The van der Waals surface area contributed by atoms with E-state index in [-0.39, 0.29) is 0 Å². The Hall–Kier alpha value is -1.42. The van der Waals surface area contributed by atoms with E-state index in [0.29, 0.717) is 5.88 Å². The Bertz CT molecular complexity index is 628. The molecule has 0 unspecified atom stereocenters. The van der Waals surface area contributed by atoms with Gasteiger partial charge in [-0.15, -0.1) is 0 Å². The molecule has 0 atom stereocenters. The van der Waals surface area contributed by atoms with E-state index >= 15 is 0 Å². The zero-order valence-electron chi connectivity index (χ0n) is 11.5. The largest absolute Gasteiger partial charge is 0.439 e. The number of hydrogen-bond donors (Lipinski definition) is 0. The predicted molar refractivity (Wildman–Crippen MR) is 82.3 cm³/mol. The minimum atomic E-state index is 0.605. The first-order chi connectivity index (χ1) is 9.74. The van der Waals surface area contributed by atoms with Gasteiger partial charge in [0.25, 0.3) is 0 Å². The fraction of sp³-hybridized carbons (Fsp3) is 0.375. The SMILES string of the molecule is CCCc1nc(Br)cc(Oc2ccc3c(c2)CCC3)n1. The zero-order chi connectivity index (χ0) is 13.9. The highest BCUT2D eigenvalue weighted by Crippen LogP contribution is 2.29. The molecule has 0 radical (unpaired) electrons. The molecule has 0 amide bonds. The van der Waals surface area contributed by atoms with Crippen molar-refractivity contribution in [2.45, 2.75) is 39.0 Å². The third-order valence-electron chi connectivity index (χ3n) is 3.48. The van der Waals surface area contributed by atoms with Crippen LogP contribution in [0.3, 0.4) is 0 Å². The van der Waals surface area contributed by atoms with Crippen LogP contribution in [0.4, 0.5) is 0 Å². The van der Waals surface area contributed by atoms with Crippen LogP contribution in [0.2, 0.25) is 0 Å². The first-order valence-corrected chi connectivity index (χ1v) is 7.87. The Morgan fingerprint density at radius 3 is 2.85 bits per heavy atom. The summed E-state index contributed by atoms with van der Waals surface area (Å²) >= 11 is 3.41. The average Bonchev–Trinajstić information content (AvgIpc) is 2.85. The van der Waals surface area contributed by atoms with Crippen LogP contribution in [0.1, 0.15) is 36.7 Å². The number of benzene rings is 1. The Morgan fingerprint density at radius 2 is 2.00 bits per heavy atom. The molecule has 0 spiro atoms. The van der Waals surface area contributed by atoms with Crippen molar-refractivity contribution in [2.24, 2.45) is 0 Å².